The van der Waals surface area contributed by atoms with E-state index in [4.69, 9.17) is 23.2 Å². The van der Waals surface area contributed by atoms with Gasteiger partial charge in [0.15, 0.2) is 5.02 Å². The minimum Gasteiger partial charge on any atom is -0.322 e. The number of rotatable bonds is 4. The van der Waals surface area contributed by atoms with Crippen LogP contribution in [0.4, 0.5) is 17.1 Å². The molecule has 2 aromatic carbocycles. The fourth-order valence-electron chi connectivity index (χ4n) is 1.86. The van der Waals surface area contributed by atoms with Crippen LogP contribution in [0.15, 0.2) is 30.3 Å². The van der Waals surface area contributed by atoms with E-state index < -0.39 is 32.2 Å². The molecule has 0 saturated heterocycles. The summed E-state index contributed by atoms with van der Waals surface area (Å²) in [6.07, 6.45) is 0. The van der Waals surface area contributed by atoms with Gasteiger partial charge in [0.2, 0.25) is 0 Å². The van der Waals surface area contributed by atoms with Crippen molar-refractivity contribution in [1.82, 2.24) is 0 Å². The molecule has 0 bridgehead atoms. The summed E-state index contributed by atoms with van der Waals surface area (Å²) in [5.74, 6) is -0.766. The average molecular weight is 370 g/mol. The number of nitro groups is 2. The van der Waals surface area contributed by atoms with Gasteiger partial charge in [0, 0.05) is 22.8 Å². The number of hydrogen-bond acceptors (Lipinski definition) is 5. The minimum atomic E-state index is -0.894. The van der Waals surface area contributed by atoms with Crippen LogP contribution in [0.2, 0.25) is 10.0 Å². The molecule has 0 aromatic heterocycles. The maximum atomic E-state index is 12.2. The zero-order chi connectivity index (χ0) is 18.0. The molecule has 1 N–H and O–H groups in total. The number of nitrogens with one attached hydrogen (secondary N) is 1. The van der Waals surface area contributed by atoms with Crippen molar-refractivity contribution >= 4 is 46.2 Å². The highest BCUT2D eigenvalue weighted by atomic mass is 35.5. The Bertz CT molecular complexity index is 834. The minimum absolute atomic E-state index is 0.269. The fourth-order valence-corrected chi connectivity index (χ4v) is 2.29. The third-order valence-electron chi connectivity index (χ3n) is 3.12. The van der Waals surface area contributed by atoms with Crippen LogP contribution < -0.4 is 5.32 Å². The zero-order valence-electron chi connectivity index (χ0n) is 12.1. The second kappa shape index (κ2) is 6.81. The number of carbonyl (C=O) groups excluding carboxylic acids is 1. The van der Waals surface area contributed by atoms with E-state index in [0.717, 1.165) is 17.7 Å². The van der Waals surface area contributed by atoms with Crippen LogP contribution >= 0.6 is 23.2 Å². The quantitative estimate of drug-likeness (QED) is 0.634. The van der Waals surface area contributed by atoms with Gasteiger partial charge in [-0.3, -0.25) is 25.0 Å². The summed E-state index contributed by atoms with van der Waals surface area (Å²) in [4.78, 5) is 32.4. The van der Waals surface area contributed by atoms with E-state index in [9.17, 15) is 25.0 Å². The smallest absolute Gasteiger partial charge is 0.295 e. The standard InChI is InChI=1S/C14H9Cl2N3O5/c1-7-2-3-9(6-10(7)15)17-14(20)8-4-11(18(21)22)13(16)12(5-8)19(23)24/h2-6H,1H3,(H,17,20). The fraction of sp³-hybridized carbons (Fsp3) is 0.0714. The van der Waals surface area contributed by atoms with Gasteiger partial charge in [-0.05, 0) is 24.6 Å². The predicted molar refractivity (Wildman–Crippen MR) is 88.9 cm³/mol. The number of hydrogen-bond donors (Lipinski definition) is 1. The lowest BCUT2D eigenvalue weighted by molar-refractivity contribution is -0.393. The van der Waals surface area contributed by atoms with E-state index in [1.165, 1.54) is 6.07 Å². The number of nitro benzene ring substituents is 2. The molecule has 0 spiro atoms. The number of aryl methyl sites for hydroxylation is 1. The first-order chi connectivity index (χ1) is 11.2. The summed E-state index contributed by atoms with van der Waals surface area (Å²) >= 11 is 11.6. The monoisotopic (exact) mass is 369 g/mol. The van der Waals surface area contributed by atoms with E-state index in [1.807, 2.05) is 0 Å². The van der Waals surface area contributed by atoms with Crippen molar-refractivity contribution < 1.29 is 14.6 Å². The van der Waals surface area contributed by atoms with Gasteiger partial charge in [-0.2, -0.15) is 0 Å². The molecule has 2 aromatic rings. The SMILES string of the molecule is Cc1ccc(NC(=O)c2cc([N+](=O)[O-])c(Cl)c([N+](=O)[O-])c2)cc1Cl. The summed E-state index contributed by atoms with van der Waals surface area (Å²) in [7, 11) is 0. The molecule has 0 aliphatic rings. The Morgan fingerprint density at radius 3 is 2.04 bits per heavy atom. The normalized spacial score (nSPS) is 10.3. The predicted octanol–water partition coefficient (Wildman–Crippen LogP) is 4.37. The highest BCUT2D eigenvalue weighted by Gasteiger charge is 2.27. The Hall–Kier alpha value is -2.71. The molecule has 124 valence electrons. The Morgan fingerprint density at radius 1 is 1.04 bits per heavy atom. The third-order valence-corrected chi connectivity index (χ3v) is 3.91. The molecule has 0 aliphatic carbocycles. The number of anilines is 1. The van der Waals surface area contributed by atoms with Crippen LogP contribution in [-0.4, -0.2) is 15.8 Å². The van der Waals surface area contributed by atoms with Crippen LogP contribution in [0.3, 0.4) is 0 Å². The molecule has 1 amide bonds. The molecule has 0 atom stereocenters. The van der Waals surface area contributed by atoms with E-state index >= 15 is 0 Å². The molecule has 0 aliphatic heterocycles. The largest absolute Gasteiger partial charge is 0.322 e. The van der Waals surface area contributed by atoms with Gasteiger partial charge in [-0.25, -0.2) is 0 Å². The summed E-state index contributed by atoms with van der Waals surface area (Å²) in [5, 5.41) is 24.2. The van der Waals surface area contributed by atoms with Gasteiger partial charge in [0.1, 0.15) is 0 Å². The van der Waals surface area contributed by atoms with E-state index in [2.05, 4.69) is 5.32 Å². The molecular formula is C14H9Cl2N3O5. The Kier molecular flexibility index (Phi) is 5.01. The Morgan fingerprint density at radius 2 is 1.58 bits per heavy atom. The second-order valence-corrected chi connectivity index (χ2v) is 5.55. The molecule has 0 fully saturated rings. The van der Waals surface area contributed by atoms with Gasteiger partial charge < -0.3 is 5.32 Å². The van der Waals surface area contributed by atoms with Gasteiger partial charge in [-0.1, -0.05) is 29.3 Å². The van der Waals surface area contributed by atoms with Crippen LogP contribution in [0.5, 0.6) is 0 Å². The molecule has 0 heterocycles. The lowest BCUT2D eigenvalue weighted by Crippen LogP contribution is -2.13. The van der Waals surface area contributed by atoms with Gasteiger partial charge >= 0.3 is 0 Å². The third kappa shape index (κ3) is 3.61. The van der Waals surface area contributed by atoms with Gasteiger partial charge in [0.25, 0.3) is 17.3 Å². The average Bonchev–Trinajstić information content (AvgIpc) is 2.50. The summed E-state index contributed by atoms with van der Waals surface area (Å²) in [6.45, 7) is 1.78. The zero-order valence-corrected chi connectivity index (χ0v) is 13.6. The highest BCUT2D eigenvalue weighted by molar-refractivity contribution is 6.35. The molecule has 0 radical (unpaired) electrons. The van der Waals surface area contributed by atoms with Crippen molar-refractivity contribution in [3.63, 3.8) is 0 Å². The number of halogens is 2. The van der Waals surface area contributed by atoms with Crippen molar-refractivity contribution in [1.29, 1.82) is 0 Å². The van der Waals surface area contributed by atoms with Crippen LogP contribution in [0.25, 0.3) is 0 Å². The van der Waals surface area contributed by atoms with Crippen LogP contribution in [0, 0.1) is 27.2 Å². The maximum Gasteiger partial charge on any atom is 0.295 e. The molecule has 10 heteroatoms. The van der Waals surface area contributed by atoms with Crippen molar-refractivity contribution in [2.45, 2.75) is 6.92 Å². The summed E-state index contributed by atoms with van der Waals surface area (Å²) in [6, 6.07) is 6.50. The maximum absolute atomic E-state index is 12.2. The number of carbonyl (C=O) groups is 1. The summed E-state index contributed by atoms with van der Waals surface area (Å²) < 4.78 is 0. The number of benzene rings is 2. The number of amides is 1. The lowest BCUT2D eigenvalue weighted by Gasteiger charge is -2.07. The Balaban J connectivity index is 2.43. The van der Waals surface area contributed by atoms with E-state index in [0.29, 0.717) is 10.7 Å². The van der Waals surface area contributed by atoms with Crippen molar-refractivity contribution in [2.24, 2.45) is 0 Å². The first kappa shape index (κ1) is 17.6. The molecule has 0 saturated carbocycles. The van der Waals surface area contributed by atoms with Crippen molar-refractivity contribution in [3.8, 4) is 0 Å². The molecular weight excluding hydrogens is 361 g/mol. The molecule has 0 unspecified atom stereocenters. The van der Waals surface area contributed by atoms with E-state index in [-0.39, 0.29) is 5.56 Å². The van der Waals surface area contributed by atoms with Crippen LogP contribution in [-0.2, 0) is 0 Å². The number of nitrogens with zero attached hydrogens (tertiary/aromatic N) is 2. The lowest BCUT2D eigenvalue weighted by atomic mass is 10.1. The Labute approximate surface area is 145 Å². The van der Waals surface area contributed by atoms with Gasteiger partial charge in [0.05, 0.1) is 15.4 Å². The first-order valence-electron chi connectivity index (χ1n) is 6.40. The molecule has 2 rings (SSSR count). The molecule has 8 nitrogen and oxygen atoms in total. The second-order valence-electron chi connectivity index (χ2n) is 4.76. The topological polar surface area (TPSA) is 115 Å². The van der Waals surface area contributed by atoms with Crippen LogP contribution in [0.1, 0.15) is 15.9 Å². The highest BCUT2D eigenvalue weighted by Crippen LogP contribution is 2.35. The summed E-state index contributed by atoms with van der Waals surface area (Å²) in [5.41, 5.74) is -0.575. The van der Waals surface area contributed by atoms with Crippen molar-refractivity contribution in [2.75, 3.05) is 5.32 Å². The van der Waals surface area contributed by atoms with E-state index in [1.54, 1.807) is 19.1 Å². The molecule has 24 heavy (non-hydrogen) atoms. The van der Waals surface area contributed by atoms with Gasteiger partial charge in [-0.15, -0.1) is 0 Å². The van der Waals surface area contributed by atoms with Crippen molar-refractivity contribution in [3.05, 3.63) is 71.7 Å². The first-order valence-corrected chi connectivity index (χ1v) is 7.16.